The molecule has 1 nitrogen and oxygen atoms in total. The number of allylic oxidation sites excluding steroid dienone is 3. The van der Waals surface area contributed by atoms with Crippen molar-refractivity contribution >= 4 is 11.3 Å². The van der Waals surface area contributed by atoms with Gasteiger partial charge in [-0.05, 0) is 91.1 Å². The summed E-state index contributed by atoms with van der Waals surface area (Å²) in [6.07, 6.45) is 7.48. The van der Waals surface area contributed by atoms with Crippen molar-refractivity contribution in [2.45, 2.75) is 55.4 Å². The standard InChI is InChI=1S/C28H32FN/c1-10-23-15-18(2)11-14-25(23)26-16-24(13-12-19(26)3)20(4)17-30-22(6)27(29)21(5)28(7,8)9/h1,11-17H,2-9H3/b20-17+,27-21-,30-22+. The lowest BCUT2D eigenvalue weighted by Crippen LogP contribution is -2.10. The monoisotopic (exact) mass is 401 g/mol. The maximum absolute atomic E-state index is 14.7. The van der Waals surface area contributed by atoms with Gasteiger partial charge >= 0.3 is 0 Å². The Labute approximate surface area is 181 Å². The molecule has 0 radical (unpaired) electrons. The lowest BCUT2D eigenvalue weighted by atomic mass is 9.86. The molecule has 0 aliphatic rings. The van der Waals surface area contributed by atoms with Gasteiger partial charge in [0, 0.05) is 11.8 Å². The quantitative estimate of drug-likeness (QED) is 0.363. The van der Waals surface area contributed by atoms with Crippen LogP contribution >= 0.6 is 0 Å². The van der Waals surface area contributed by atoms with Crippen LogP contribution in [0.15, 0.2) is 59.0 Å². The Kier molecular flexibility index (Phi) is 7.21. The van der Waals surface area contributed by atoms with Crippen LogP contribution in [-0.2, 0) is 0 Å². The third kappa shape index (κ3) is 5.36. The number of terminal acetylenes is 1. The molecule has 0 fully saturated rings. The highest BCUT2D eigenvalue weighted by molar-refractivity contribution is 5.97. The largest absolute Gasteiger partial charge is 0.258 e. The fourth-order valence-electron chi connectivity index (χ4n) is 3.10. The summed E-state index contributed by atoms with van der Waals surface area (Å²) < 4.78 is 14.7. The molecule has 2 aromatic rings. The van der Waals surface area contributed by atoms with Gasteiger partial charge in [-0.1, -0.05) is 51.0 Å². The number of hydrogen-bond donors (Lipinski definition) is 0. The Hall–Kier alpha value is -2.92. The smallest absolute Gasteiger partial charge is 0.143 e. The molecule has 0 unspecified atom stereocenters. The summed E-state index contributed by atoms with van der Waals surface area (Å²) in [5.41, 5.74) is 8.19. The van der Waals surface area contributed by atoms with E-state index in [1.807, 2.05) is 47.6 Å². The normalized spacial score (nSPS) is 13.7. The first kappa shape index (κ1) is 23.4. The molecule has 30 heavy (non-hydrogen) atoms. The summed E-state index contributed by atoms with van der Waals surface area (Å²) >= 11 is 0. The topological polar surface area (TPSA) is 12.4 Å². The van der Waals surface area contributed by atoms with Gasteiger partial charge in [-0.15, -0.1) is 6.42 Å². The van der Waals surface area contributed by atoms with Crippen LogP contribution in [-0.4, -0.2) is 5.71 Å². The van der Waals surface area contributed by atoms with Crippen LogP contribution in [0.25, 0.3) is 16.7 Å². The first-order chi connectivity index (χ1) is 14.0. The summed E-state index contributed by atoms with van der Waals surface area (Å²) in [5.74, 6) is 2.56. The van der Waals surface area contributed by atoms with Crippen molar-refractivity contribution in [3.8, 4) is 23.5 Å². The van der Waals surface area contributed by atoms with Crippen molar-refractivity contribution in [3.63, 3.8) is 0 Å². The van der Waals surface area contributed by atoms with E-state index in [2.05, 4.69) is 48.2 Å². The van der Waals surface area contributed by atoms with Crippen molar-refractivity contribution in [1.29, 1.82) is 0 Å². The fraction of sp³-hybridized carbons (Fsp3) is 0.321. The van der Waals surface area contributed by atoms with Gasteiger partial charge in [-0.2, -0.15) is 0 Å². The Bertz CT molecular complexity index is 1080. The Morgan fingerprint density at radius 3 is 2.27 bits per heavy atom. The van der Waals surface area contributed by atoms with Gasteiger partial charge in [0.15, 0.2) is 0 Å². The molecule has 2 heteroatoms. The summed E-state index contributed by atoms with van der Waals surface area (Å²) in [4.78, 5) is 4.39. The van der Waals surface area contributed by atoms with Gasteiger partial charge in [0.2, 0.25) is 0 Å². The van der Waals surface area contributed by atoms with Crippen molar-refractivity contribution in [3.05, 3.63) is 76.3 Å². The second-order valence-electron chi connectivity index (χ2n) is 8.94. The molecule has 0 aromatic heterocycles. The number of halogens is 1. The summed E-state index contributed by atoms with van der Waals surface area (Å²) in [6, 6.07) is 12.5. The average molecular weight is 402 g/mol. The Morgan fingerprint density at radius 1 is 1.00 bits per heavy atom. The van der Waals surface area contributed by atoms with Crippen LogP contribution < -0.4 is 0 Å². The predicted octanol–water partition coefficient (Wildman–Crippen LogP) is 8.06. The maximum atomic E-state index is 14.7. The van der Waals surface area contributed by atoms with Crippen molar-refractivity contribution in [1.82, 2.24) is 0 Å². The second kappa shape index (κ2) is 9.26. The molecular weight excluding hydrogens is 369 g/mol. The van der Waals surface area contributed by atoms with Crippen molar-refractivity contribution in [2.75, 3.05) is 0 Å². The van der Waals surface area contributed by atoms with Crippen LogP contribution in [0.4, 0.5) is 4.39 Å². The van der Waals surface area contributed by atoms with E-state index in [1.165, 1.54) is 0 Å². The SMILES string of the molecule is C#Cc1cc(C)ccc1-c1cc(/C(C)=C/N=C(C)/C(F)=C(\C)C(C)(C)C)ccc1C. The Morgan fingerprint density at radius 2 is 1.67 bits per heavy atom. The molecule has 2 rings (SSSR count). The minimum atomic E-state index is -0.241. The average Bonchev–Trinajstić information content (AvgIpc) is 2.70. The van der Waals surface area contributed by atoms with E-state index < -0.39 is 0 Å². The molecule has 0 heterocycles. The predicted molar refractivity (Wildman–Crippen MR) is 129 cm³/mol. The third-order valence-electron chi connectivity index (χ3n) is 5.54. The van der Waals surface area contributed by atoms with Crippen molar-refractivity contribution in [2.24, 2.45) is 10.4 Å². The summed E-state index contributed by atoms with van der Waals surface area (Å²) in [7, 11) is 0. The number of aliphatic imine (C=N–C) groups is 1. The molecule has 0 aliphatic carbocycles. The van der Waals surface area contributed by atoms with Gasteiger partial charge in [0.05, 0.1) is 5.71 Å². The number of hydrogen-bond acceptors (Lipinski definition) is 1. The van der Waals surface area contributed by atoms with E-state index in [-0.39, 0.29) is 11.2 Å². The van der Waals surface area contributed by atoms with Crippen molar-refractivity contribution < 1.29 is 4.39 Å². The third-order valence-corrected chi connectivity index (χ3v) is 5.54. The first-order valence-corrected chi connectivity index (χ1v) is 10.2. The summed E-state index contributed by atoms with van der Waals surface area (Å²) in [6.45, 7) is 15.6. The van der Waals surface area contributed by atoms with E-state index in [0.29, 0.717) is 11.3 Å². The molecule has 0 spiro atoms. The highest BCUT2D eigenvalue weighted by atomic mass is 19.1. The Balaban J connectivity index is 2.47. The number of benzene rings is 2. The van der Waals surface area contributed by atoms with Crippen LogP contribution in [0.1, 0.15) is 63.8 Å². The van der Waals surface area contributed by atoms with Gasteiger partial charge in [0.25, 0.3) is 0 Å². The molecule has 0 atom stereocenters. The highest BCUT2D eigenvalue weighted by Gasteiger charge is 2.18. The number of nitrogens with zero attached hydrogens (tertiary/aromatic N) is 1. The highest BCUT2D eigenvalue weighted by Crippen LogP contribution is 2.31. The number of rotatable bonds is 4. The molecule has 0 bridgehead atoms. The second-order valence-corrected chi connectivity index (χ2v) is 8.94. The molecule has 156 valence electrons. The molecule has 2 aromatic carbocycles. The zero-order valence-corrected chi connectivity index (χ0v) is 19.4. The van der Waals surface area contributed by atoms with E-state index in [4.69, 9.17) is 6.42 Å². The zero-order chi connectivity index (χ0) is 22.6. The zero-order valence-electron chi connectivity index (χ0n) is 19.4. The summed E-state index contributed by atoms with van der Waals surface area (Å²) in [5, 5.41) is 0. The molecule has 0 N–H and O–H groups in total. The fourth-order valence-corrected chi connectivity index (χ4v) is 3.10. The minimum absolute atomic E-state index is 0.228. The maximum Gasteiger partial charge on any atom is 0.143 e. The molecule has 0 saturated heterocycles. The van der Waals surface area contributed by atoms with Gasteiger partial charge in [-0.25, -0.2) is 4.39 Å². The molecule has 0 saturated carbocycles. The molecule has 0 aliphatic heterocycles. The van der Waals surface area contributed by atoms with E-state index in [1.54, 1.807) is 13.1 Å². The molecular formula is C28H32FN. The van der Waals surface area contributed by atoms with Crippen LogP contribution in [0, 0.1) is 31.6 Å². The van der Waals surface area contributed by atoms with Crippen LogP contribution in [0.2, 0.25) is 0 Å². The first-order valence-electron chi connectivity index (χ1n) is 10.2. The van der Waals surface area contributed by atoms with Gasteiger partial charge in [0.1, 0.15) is 5.83 Å². The van der Waals surface area contributed by atoms with Crippen LogP contribution in [0.5, 0.6) is 0 Å². The van der Waals surface area contributed by atoms with Crippen LogP contribution in [0.3, 0.4) is 0 Å². The van der Waals surface area contributed by atoms with E-state index in [9.17, 15) is 4.39 Å². The van der Waals surface area contributed by atoms with E-state index >= 15 is 0 Å². The van der Waals surface area contributed by atoms with Gasteiger partial charge < -0.3 is 0 Å². The lowest BCUT2D eigenvalue weighted by Gasteiger charge is -2.20. The van der Waals surface area contributed by atoms with Gasteiger partial charge in [-0.3, -0.25) is 4.99 Å². The number of aryl methyl sites for hydroxylation is 2. The minimum Gasteiger partial charge on any atom is -0.258 e. The van der Waals surface area contributed by atoms with E-state index in [0.717, 1.165) is 39.0 Å². The lowest BCUT2D eigenvalue weighted by molar-refractivity contribution is 0.480. The molecule has 0 amide bonds.